The van der Waals surface area contributed by atoms with Crippen LogP contribution in [-0.4, -0.2) is 81.4 Å². The molecule has 7 heterocycles. The van der Waals surface area contributed by atoms with E-state index in [0.29, 0.717) is 41.2 Å². The van der Waals surface area contributed by atoms with Crippen molar-refractivity contribution < 1.29 is 14.3 Å². The minimum absolute atomic E-state index is 0.00637. The number of nitrogens with zero attached hydrogens (tertiary/aromatic N) is 6. The Bertz CT molecular complexity index is 1850. The van der Waals surface area contributed by atoms with Crippen molar-refractivity contribution in [3.8, 4) is 17.0 Å². The minimum atomic E-state index is -0.210. The number of piperidine rings is 2. The third kappa shape index (κ3) is 6.29. The molecule has 2 bridgehead atoms. The largest absolute Gasteiger partial charge is 0.493 e. The predicted octanol–water partition coefficient (Wildman–Crippen LogP) is 6.72. The Morgan fingerprint density at radius 1 is 0.980 bits per heavy atom. The van der Waals surface area contributed by atoms with Crippen LogP contribution < -0.4 is 15.0 Å². The van der Waals surface area contributed by atoms with E-state index >= 15 is 0 Å². The maximum atomic E-state index is 13.8. The van der Waals surface area contributed by atoms with E-state index < -0.39 is 0 Å². The van der Waals surface area contributed by atoms with E-state index in [1.807, 2.05) is 25.1 Å². The first-order chi connectivity index (χ1) is 23.7. The van der Waals surface area contributed by atoms with Crippen LogP contribution in [0.5, 0.6) is 5.75 Å². The standard InChI is InChI=1S/C39H49N7O3/c1-26-6-5-19-48-34-9-14-40-23-30(34)32-21-28(20-27(2)41-32)36(47)43-37-42-31-8-7-29(22-33(31)46(37)24-26)44-15-10-39(11-16-44)12-17-45(18-13-39)35-25-49-38(35,3)4/h7-9,14,20-23,26,35H,5-6,10-13,15-19,24-25H2,1-4H3,(H,42,43,47)/t26-,35?/m1/s1. The number of fused-ring (bicyclic) bond motifs is 7. The van der Waals surface area contributed by atoms with E-state index in [-0.39, 0.29) is 11.5 Å². The van der Waals surface area contributed by atoms with Gasteiger partial charge in [0.05, 0.1) is 47.1 Å². The monoisotopic (exact) mass is 663 g/mol. The molecule has 1 N–H and O–H groups in total. The van der Waals surface area contributed by atoms with Crippen LogP contribution >= 0.6 is 0 Å². The summed E-state index contributed by atoms with van der Waals surface area (Å²) in [4.78, 5) is 33.1. The van der Waals surface area contributed by atoms with Crippen molar-refractivity contribution >= 4 is 28.6 Å². The molecule has 258 valence electrons. The quantitative estimate of drug-likeness (QED) is 0.253. The fourth-order valence-electron chi connectivity index (χ4n) is 8.50. The minimum Gasteiger partial charge on any atom is -0.493 e. The molecule has 1 amide bonds. The van der Waals surface area contributed by atoms with E-state index in [1.54, 1.807) is 12.4 Å². The number of carbonyl (C=O) groups excluding carboxylic acids is 1. The SMILES string of the molecule is Cc1cc2cc(n1)-c1cnccc1OCCC[C@@H](C)Cn1c(nc3ccc(N4CCC5(CC4)CCN(C4COC4(C)C)CC5)cc31)NC2=O. The van der Waals surface area contributed by atoms with Crippen LogP contribution in [-0.2, 0) is 11.3 Å². The lowest BCUT2D eigenvalue weighted by Crippen LogP contribution is -2.64. The zero-order valence-corrected chi connectivity index (χ0v) is 29.4. The number of imidazole rings is 1. The van der Waals surface area contributed by atoms with E-state index in [4.69, 9.17) is 19.4 Å². The number of ether oxygens (including phenoxy) is 2. The number of hydrogen-bond donors (Lipinski definition) is 1. The van der Waals surface area contributed by atoms with Crippen molar-refractivity contribution in [1.29, 1.82) is 0 Å². The maximum absolute atomic E-state index is 13.8. The van der Waals surface area contributed by atoms with Gasteiger partial charge in [-0.25, -0.2) is 4.98 Å². The number of aromatic nitrogens is 4. The van der Waals surface area contributed by atoms with Crippen LogP contribution in [0.4, 0.5) is 11.6 Å². The Balaban J connectivity index is 1.03. The Kier molecular flexibility index (Phi) is 8.35. The summed E-state index contributed by atoms with van der Waals surface area (Å²) < 4.78 is 14.3. The second-order valence-electron chi connectivity index (χ2n) is 15.5. The highest BCUT2D eigenvalue weighted by Gasteiger charge is 2.47. The number of rotatable bonds is 2. The summed E-state index contributed by atoms with van der Waals surface area (Å²) in [7, 11) is 0. The summed E-state index contributed by atoms with van der Waals surface area (Å²) >= 11 is 0. The van der Waals surface area contributed by atoms with Crippen LogP contribution in [0.1, 0.15) is 75.3 Å². The third-order valence-corrected chi connectivity index (χ3v) is 11.7. The molecule has 2 atom stereocenters. The molecule has 1 spiro atoms. The molecule has 10 heteroatoms. The van der Waals surface area contributed by atoms with E-state index in [0.717, 1.165) is 67.1 Å². The first-order valence-corrected chi connectivity index (χ1v) is 18.2. The Morgan fingerprint density at radius 2 is 1.78 bits per heavy atom. The summed E-state index contributed by atoms with van der Waals surface area (Å²) in [5.41, 5.74) is 6.36. The van der Waals surface area contributed by atoms with Gasteiger partial charge in [-0.1, -0.05) is 6.92 Å². The van der Waals surface area contributed by atoms with Gasteiger partial charge in [0.25, 0.3) is 5.91 Å². The third-order valence-electron chi connectivity index (χ3n) is 11.7. The van der Waals surface area contributed by atoms with E-state index in [9.17, 15) is 4.79 Å². The molecule has 3 fully saturated rings. The molecule has 3 aromatic heterocycles. The Labute approximate surface area is 289 Å². The van der Waals surface area contributed by atoms with Crippen LogP contribution in [0.25, 0.3) is 22.3 Å². The van der Waals surface area contributed by atoms with Gasteiger partial charge in [0, 0.05) is 49.0 Å². The van der Waals surface area contributed by atoms with E-state index in [1.165, 1.54) is 44.5 Å². The molecule has 0 aliphatic carbocycles. The van der Waals surface area contributed by atoms with Gasteiger partial charge >= 0.3 is 0 Å². The Hall–Kier alpha value is -4.02. The van der Waals surface area contributed by atoms with Crippen molar-refractivity contribution in [3.05, 3.63) is 60.0 Å². The van der Waals surface area contributed by atoms with Crippen molar-refractivity contribution in [3.63, 3.8) is 0 Å². The molecule has 0 radical (unpaired) electrons. The molecular formula is C39H49N7O3. The zero-order valence-electron chi connectivity index (χ0n) is 29.4. The van der Waals surface area contributed by atoms with Crippen LogP contribution in [0.2, 0.25) is 0 Å². The highest BCUT2D eigenvalue weighted by Crippen LogP contribution is 2.44. The number of amides is 1. The summed E-state index contributed by atoms with van der Waals surface area (Å²) in [5, 5.41) is 3.18. The Morgan fingerprint density at radius 3 is 2.53 bits per heavy atom. The number of pyridine rings is 2. The van der Waals surface area contributed by atoms with Crippen molar-refractivity contribution in [2.75, 3.05) is 49.6 Å². The molecule has 10 nitrogen and oxygen atoms in total. The molecule has 1 unspecified atom stereocenters. The summed E-state index contributed by atoms with van der Waals surface area (Å²) in [6.45, 7) is 15.4. The fourth-order valence-corrected chi connectivity index (χ4v) is 8.50. The van der Waals surface area contributed by atoms with Gasteiger partial charge in [-0.15, -0.1) is 0 Å². The molecule has 3 saturated heterocycles. The number of likely N-dealkylation sites (tertiary alicyclic amines) is 1. The first-order valence-electron chi connectivity index (χ1n) is 18.2. The van der Waals surface area contributed by atoms with Gasteiger partial charge in [0.1, 0.15) is 5.75 Å². The van der Waals surface area contributed by atoms with Gasteiger partial charge < -0.3 is 18.9 Å². The number of hydrogen-bond acceptors (Lipinski definition) is 8. The molecular weight excluding hydrogens is 614 g/mol. The highest BCUT2D eigenvalue weighted by atomic mass is 16.5. The molecule has 4 aromatic rings. The number of benzene rings is 1. The zero-order chi connectivity index (χ0) is 33.8. The second kappa shape index (κ2) is 12.7. The van der Waals surface area contributed by atoms with Gasteiger partial charge in [0.2, 0.25) is 5.95 Å². The summed E-state index contributed by atoms with van der Waals surface area (Å²) in [5.74, 6) is 1.45. The number of nitrogens with one attached hydrogen (secondary N) is 1. The highest BCUT2D eigenvalue weighted by molar-refractivity contribution is 6.05. The van der Waals surface area contributed by atoms with Crippen LogP contribution in [0.3, 0.4) is 0 Å². The van der Waals surface area contributed by atoms with Crippen molar-refractivity contribution in [2.45, 2.75) is 84.4 Å². The summed E-state index contributed by atoms with van der Waals surface area (Å²) in [6, 6.07) is 12.7. The van der Waals surface area contributed by atoms with E-state index in [2.05, 4.69) is 63.6 Å². The molecule has 4 aliphatic rings. The molecule has 49 heavy (non-hydrogen) atoms. The lowest BCUT2D eigenvalue weighted by Gasteiger charge is -2.54. The average molecular weight is 664 g/mol. The van der Waals surface area contributed by atoms with Crippen molar-refractivity contribution in [2.24, 2.45) is 11.3 Å². The lowest BCUT2D eigenvalue weighted by molar-refractivity contribution is -0.199. The number of anilines is 2. The predicted molar refractivity (Wildman–Crippen MR) is 192 cm³/mol. The molecule has 8 rings (SSSR count). The van der Waals surface area contributed by atoms with Gasteiger partial charge in [-0.3, -0.25) is 25.0 Å². The maximum Gasteiger partial charge on any atom is 0.258 e. The normalized spacial score (nSPS) is 24.2. The average Bonchev–Trinajstić information content (AvgIpc) is 3.42. The molecule has 1 aromatic carbocycles. The van der Waals surface area contributed by atoms with Crippen LogP contribution in [0.15, 0.2) is 48.8 Å². The lowest BCUT2D eigenvalue weighted by atomic mass is 9.70. The number of aryl methyl sites for hydroxylation is 1. The smallest absolute Gasteiger partial charge is 0.258 e. The first kappa shape index (κ1) is 32.2. The molecule has 4 aliphatic heterocycles. The summed E-state index contributed by atoms with van der Waals surface area (Å²) in [6.07, 6.45) is 10.4. The molecule has 0 saturated carbocycles. The topological polar surface area (TPSA) is 97.6 Å². The van der Waals surface area contributed by atoms with Crippen molar-refractivity contribution in [1.82, 2.24) is 24.4 Å². The fraction of sp³-hybridized carbons (Fsp3) is 0.538. The van der Waals surface area contributed by atoms with Gasteiger partial charge in [0.15, 0.2) is 0 Å². The number of carbonyl (C=O) groups is 1. The van der Waals surface area contributed by atoms with Gasteiger partial charge in [-0.2, -0.15) is 0 Å². The van der Waals surface area contributed by atoms with Gasteiger partial charge in [-0.05, 0) is 120 Å². The second-order valence-corrected chi connectivity index (χ2v) is 15.5. The van der Waals surface area contributed by atoms with Crippen LogP contribution in [0, 0.1) is 18.3 Å².